The molecular formula is C17H33N3O3S. The lowest BCUT2D eigenvalue weighted by atomic mass is 9.82. The largest absolute Gasteiger partial charge is 0.390 e. The Morgan fingerprint density at radius 1 is 1.08 bits per heavy atom. The van der Waals surface area contributed by atoms with Crippen molar-refractivity contribution in [3.63, 3.8) is 0 Å². The number of hydrogen-bond acceptors (Lipinski definition) is 5. The van der Waals surface area contributed by atoms with Gasteiger partial charge in [-0.05, 0) is 59.0 Å². The van der Waals surface area contributed by atoms with Crippen LogP contribution in [0.25, 0.3) is 0 Å². The van der Waals surface area contributed by atoms with E-state index in [0.29, 0.717) is 25.2 Å². The van der Waals surface area contributed by atoms with E-state index in [1.165, 1.54) is 6.26 Å². The van der Waals surface area contributed by atoms with Gasteiger partial charge in [0.15, 0.2) is 0 Å². The minimum atomic E-state index is -3.25. The van der Waals surface area contributed by atoms with Crippen molar-refractivity contribution < 1.29 is 13.5 Å². The molecule has 0 amide bonds. The number of likely N-dealkylation sites (tertiary alicyclic amines) is 2. The Balaban J connectivity index is 1.64. The number of β-amino-alcohol motifs (C(OH)–C–C–N with tert-alkyl or cyclic N) is 1. The van der Waals surface area contributed by atoms with E-state index in [4.69, 9.17) is 0 Å². The summed E-state index contributed by atoms with van der Waals surface area (Å²) in [7, 11) is -3.25. The normalized spacial score (nSPS) is 35.3. The molecule has 1 N–H and O–H groups in total. The Bertz CT molecular complexity index is 545. The predicted molar refractivity (Wildman–Crippen MR) is 95.4 cm³/mol. The van der Waals surface area contributed by atoms with Crippen LogP contribution in [0.15, 0.2) is 0 Å². The second-order valence-electron chi connectivity index (χ2n) is 8.16. The number of aliphatic hydroxyl groups is 1. The average molecular weight is 360 g/mol. The first-order valence-corrected chi connectivity index (χ1v) is 11.2. The maximum Gasteiger partial charge on any atom is 0.211 e. The topological polar surface area (TPSA) is 64.1 Å². The first-order valence-electron chi connectivity index (χ1n) is 9.38. The highest BCUT2D eigenvalue weighted by molar-refractivity contribution is 7.88. The summed E-state index contributed by atoms with van der Waals surface area (Å²) in [6.45, 7) is 8.80. The molecule has 140 valence electrons. The van der Waals surface area contributed by atoms with Gasteiger partial charge < -0.3 is 10.0 Å². The van der Waals surface area contributed by atoms with Gasteiger partial charge >= 0.3 is 0 Å². The van der Waals surface area contributed by atoms with E-state index in [2.05, 4.69) is 23.6 Å². The van der Waals surface area contributed by atoms with E-state index in [9.17, 15) is 13.5 Å². The van der Waals surface area contributed by atoms with E-state index < -0.39 is 21.7 Å². The van der Waals surface area contributed by atoms with Crippen LogP contribution >= 0.6 is 0 Å². The van der Waals surface area contributed by atoms with E-state index in [0.717, 1.165) is 51.7 Å². The summed E-state index contributed by atoms with van der Waals surface area (Å²) in [4.78, 5) is 4.92. The lowest BCUT2D eigenvalue weighted by molar-refractivity contribution is -0.0557. The predicted octanol–water partition coefficient (Wildman–Crippen LogP) is 0.720. The molecule has 0 aromatic heterocycles. The molecular weight excluding hydrogens is 326 g/mol. The first-order chi connectivity index (χ1) is 11.2. The summed E-state index contributed by atoms with van der Waals surface area (Å²) >= 11 is 0. The second kappa shape index (κ2) is 6.83. The summed E-state index contributed by atoms with van der Waals surface area (Å²) < 4.78 is 25.8. The number of hydrogen-bond donors (Lipinski definition) is 1. The molecule has 3 aliphatic heterocycles. The van der Waals surface area contributed by atoms with Crippen LogP contribution in [0.2, 0.25) is 0 Å². The van der Waals surface area contributed by atoms with Crippen LogP contribution in [0, 0.1) is 0 Å². The van der Waals surface area contributed by atoms with Crippen molar-refractivity contribution in [2.24, 2.45) is 0 Å². The molecule has 0 aromatic rings. The van der Waals surface area contributed by atoms with Crippen molar-refractivity contribution in [2.75, 3.05) is 39.0 Å². The minimum Gasteiger partial charge on any atom is -0.390 e. The average Bonchev–Trinajstić information content (AvgIpc) is 2.95. The molecule has 24 heavy (non-hydrogen) atoms. The molecule has 3 heterocycles. The van der Waals surface area contributed by atoms with Gasteiger partial charge in [-0.15, -0.1) is 0 Å². The van der Waals surface area contributed by atoms with Gasteiger partial charge in [-0.2, -0.15) is 4.31 Å². The van der Waals surface area contributed by atoms with E-state index in [1.54, 1.807) is 4.31 Å². The summed E-state index contributed by atoms with van der Waals surface area (Å²) in [6.07, 6.45) is 5.40. The maximum absolute atomic E-state index is 12.1. The van der Waals surface area contributed by atoms with Crippen molar-refractivity contribution >= 4 is 10.0 Å². The molecule has 0 aliphatic carbocycles. The zero-order valence-electron chi connectivity index (χ0n) is 15.3. The second-order valence-corrected chi connectivity index (χ2v) is 10.1. The van der Waals surface area contributed by atoms with Crippen molar-refractivity contribution in [2.45, 2.75) is 69.7 Å². The third-order valence-electron chi connectivity index (χ3n) is 6.47. The number of rotatable bonds is 3. The van der Waals surface area contributed by atoms with Crippen LogP contribution in [0.3, 0.4) is 0 Å². The fraction of sp³-hybridized carbons (Fsp3) is 1.00. The van der Waals surface area contributed by atoms with Crippen LogP contribution in [-0.2, 0) is 10.0 Å². The Labute approximate surface area is 146 Å². The molecule has 7 heteroatoms. The highest BCUT2D eigenvalue weighted by atomic mass is 32.2. The van der Waals surface area contributed by atoms with Gasteiger partial charge in [-0.25, -0.2) is 8.42 Å². The van der Waals surface area contributed by atoms with Crippen molar-refractivity contribution in [3.05, 3.63) is 0 Å². The van der Waals surface area contributed by atoms with Gasteiger partial charge in [0.1, 0.15) is 0 Å². The van der Waals surface area contributed by atoms with Gasteiger partial charge in [0.05, 0.1) is 17.9 Å². The molecule has 3 aliphatic rings. The smallest absolute Gasteiger partial charge is 0.211 e. The third kappa shape index (κ3) is 3.38. The molecule has 2 atom stereocenters. The fourth-order valence-corrected chi connectivity index (χ4v) is 6.47. The van der Waals surface area contributed by atoms with Crippen LogP contribution in [-0.4, -0.2) is 90.3 Å². The molecule has 3 saturated heterocycles. The third-order valence-corrected chi connectivity index (χ3v) is 7.82. The molecule has 6 nitrogen and oxygen atoms in total. The molecule has 0 radical (unpaired) electrons. The molecule has 3 fully saturated rings. The van der Waals surface area contributed by atoms with Crippen LogP contribution in [0.1, 0.15) is 46.0 Å². The van der Waals surface area contributed by atoms with Gasteiger partial charge in [-0.3, -0.25) is 4.90 Å². The highest BCUT2D eigenvalue weighted by Gasteiger charge is 2.53. The first kappa shape index (κ1) is 18.6. The summed E-state index contributed by atoms with van der Waals surface area (Å²) in [6, 6.07) is 1.13. The molecule has 0 bridgehead atoms. The molecule has 0 saturated carbocycles. The number of aliphatic hydroxyl groups excluding tert-OH is 1. The highest BCUT2D eigenvalue weighted by Crippen LogP contribution is 2.41. The zero-order chi connectivity index (χ0) is 17.5. The summed E-state index contributed by atoms with van der Waals surface area (Å²) in [5.41, 5.74) is -0.553. The molecule has 3 rings (SSSR count). The van der Waals surface area contributed by atoms with Crippen molar-refractivity contribution in [1.29, 1.82) is 0 Å². The lowest BCUT2D eigenvalue weighted by Crippen LogP contribution is -2.64. The quantitative estimate of drug-likeness (QED) is 0.804. The van der Waals surface area contributed by atoms with E-state index in [1.807, 2.05) is 0 Å². The standard InChI is InChI=1S/C17H33N3O3S/c1-14(2)18-10-5-15(6-11-18)19-12-8-17(16(21)13-19)7-4-9-20(17)24(3,22)23/h14-16,21H,4-13H2,1-3H3/t16-,17-/m0/s1. The fourth-order valence-electron chi connectivity index (χ4n) is 5.04. The lowest BCUT2D eigenvalue weighted by Gasteiger charge is -2.50. The SMILES string of the molecule is CC(C)N1CCC(N2CC[C@@]3(CCCN3S(C)(=O)=O)[C@@H](O)C2)CC1. The van der Waals surface area contributed by atoms with Gasteiger partial charge in [-0.1, -0.05) is 0 Å². The van der Waals surface area contributed by atoms with Gasteiger partial charge in [0.25, 0.3) is 0 Å². The molecule has 0 unspecified atom stereocenters. The van der Waals surface area contributed by atoms with Gasteiger partial charge in [0.2, 0.25) is 10.0 Å². The number of sulfonamides is 1. The maximum atomic E-state index is 12.1. The van der Waals surface area contributed by atoms with E-state index in [-0.39, 0.29) is 0 Å². The zero-order valence-corrected chi connectivity index (χ0v) is 16.1. The number of piperidine rings is 2. The Morgan fingerprint density at radius 3 is 2.29 bits per heavy atom. The monoisotopic (exact) mass is 359 g/mol. The molecule has 1 spiro atoms. The Kier molecular flexibility index (Phi) is 5.29. The van der Waals surface area contributed by atoms with E-state index >= 15 is 0 Å². The van der Waals surface area contributed by atoms with Crippen LogP contribution in [0.4, 0.5) is 0 Å². The summed E-state index contributed by atoms with van der Waals surface area (Å²) in [5, 5.41) is 10.9. The van der Waals surface area contributed by atoms with Gasteiger partial charge in [0, 0.05) is 31.7 Å². The number of nitrogens with zero attached hydrogens (tertiary/aromatic N) is 3. The Morgan fingerprint density at radius 2 is 1.75 bits per heavy atom. The Hall–Kier alpha value is -0.210. The van der Waals surface area contributed by atoms with Crippen LogP contribution < -0.4 is 0 Å². The summed E-state index contributed by atoms with van der Waals surface area (Å²) in [5.74, 6) is 0. The van der Waals surface area contributed by atoms with Crippen LogP contribution in [0.5, 0.6) is 0 Å². The molecule has 0 aromatic carbocycles. The van der Waals surface area contributed by atoms with Crippen molar-refractivity contribution in [3.8, 4) is 0 Å². The van der Waals surface area contributed by atoms with Crippen molar-refractivity contribution in [1.82, 2.24) is 14.1 Å². The minimum absolute atomic E-state index is 0.528.